The van der Waals surface area contributed by atoms with Crippen molar-refractivity contribution in [2.45, 2.75) is 25.0 Å². The van der Waals surface area contributed by atoms with Gasteiger partial charge in [0.15, 0.2) is 11.1 Å². The maximum absolute atomic E-state index is 5.72. The number of hydrogen-bond acceptors (Lipinski definition) is 6. The molecule has 7 nitrogen and oxygen atoms in total. The van der Waals surface area contributed by atoms with Crippen molar-refractivity contribution in [1.82, 2.24) is 15.6 Å². The average molecular weight is 341 g/mol. The molecule has 1 aliphatic heterocycles. The molecule has 0 amide bonds. The number of aliphatic imine (C=N–C) groups is 1. The Labute approximate surface area is 142 Å². The molecule has 1 aromatic heterocycles. The third kappa shape index (κ3) is 5.05. The maximum atomic E-state index is 5.72. The number of guanidine groups is 1. The molecule has 0 bridgehead atoms. The van der Waals surface area contributed by atoms with Gasteiger partial charge in [0, 0.05) is 66.2 Å². The molecule has 2 N–H and O–H groups in total. The summed E-state index contributed by atoms with van der Waals surface area (Å²) in [6.45, 7) is 2.85. The molecule has 0 aromatic carbocycles. The number of thiazole rings is 1. The van der Waals surface area contributed by atoms with Crippen LogP contribution in [0, 0.1) is 0 Å². The molecule has 0 atom stereocenters. The molecule has 1 aromatic rings. The van der Waals surface area contributed by atoms with Gasteiger partial charge in [0.2, 0.25) is 0 Å². The first kappa shape index (κ1) is 18.0. The Balaban J connectivity index is 1.83. The van der Waals surface area contributed by atoms with Crippen LogP contribution in [0.15, 0.2) is 10.4 Å². The first-order valence-electron chi connectivity index (χ1n) is 7.78. The third-order valence-corrected chi connectivity index (χ3v) is 5.05. The van der Waals surface area contributed by atoms with E-state index < -0.39 is 0 Å². The SMILES string of the molecule is CN=C(NCc1csc(N(C)C)n1)NCC1(OC)CCOCC1. The standard InChI is InChI=1S/C15H27N5O2S/c1-16-13(17-9-12-10-23-14(19-12)20(2)3)18-11-15(21-4)5-7-22-8-6-15/h10H,5-9,11H2,1-4H3,(H2,16,17,18). The van der Waals surface area contributed by atoms with Gasteiger partial charge in [-0.1, -0.05) is 0 Å². The van der Waals surface area contributed by atoms with Crippen molar-refractivity contribution < 1.29 is 9.47 Å². The largest absolute Gasteiger partial charge is 0.381 e. The van der Waals surface area contributed by atoms with E-state index in [1.807, 2.05) is 19.0 Å². The van der Waals surface area contributed by atoms with Crippen LogP contribution in [-0.4, -0.2) is 64.6 Å². The van der Waals surface area contributed by atoms with Crippen molar-refractivity contribution in [2.75, 3.05) is 52.9 Å². The molecular formula is C15H27N5O2S. The fraction of sp³-hybridized carbons (Fsp3) is 0.733. The summed E-state index contributed by atoms with van der Waals surface area (Å²) in [7, 11) is 7.52. The highest BCUT2D eigenvalue weighted by Crippen LogP contribution is 2.23. The highest BCUT2D eigenvalue weighted by molar-refractivity contribution is 7.13. The van der Waals surface area contributed by atoms with Gasteiger partial charge in [-0.3, -0.25) is 4.99 Å². The van der Waals surface area contributed by atoms with Crippen LogP contribution in [0.1, 0.15) is 18.5 Å². The Morgan fingerprint density at radius 1 is 1.43 bits per heavy atom. The first-order valence-corrected chi connectivity index (χ1v) is 8.66. The molecule has 2 heterocycles. The van der Waals surface area contributed by atoms with Crippen molar-refractivity contribution in [1.29, 1.82) is 0 Å². The Hall–Kier alpha value is -1.38. The van der Waals surface area contributed by atoms with E-state index in [0.717, 1.165) is 42.8 Å². The lowest BCUT2D eigenvalue weighted by atomic mass is 9.94. The highest BCUT2D eigenvalue weighted by Gasteiger charge is 2.32. The Morgan fingerprint density at radius 2 is 2.17 bits per heavy atom. The van der Waals surface area contributed by atoms with E-state index in [1.54, 1.807) is 25.5 Å². The van der Waals surface area contributed by atoms with Gasteiger partial charge in [0.25, 0.3) is 0 Å². The molecule has 0 unspecified atom stereocenters. The van der Waals surface area contributed by atoms with Crippen LogP contribution in [0.25, 0.3) is 0 Å². The van der Waals surface area contributed by atoms with Gasteiger partial charge in [-0.05, 0) is 0 Å². The molecule has 2 rings (SSSR count). The topological polar surface area (TPSA) is 71.0 Å². The Kier molecular flexibility index (Phi) is 6.61. The molecule has 0 radical (unpaired) electrons. The predicted molar refractivity (Wildman–Crippen MR) is 94.4 cm³/mol. The summed E-state index contributed by atoms with van der Waals surface area (Å²) < 4.78 is 11.1. The van der Waals surface area contributed by atoms with E-state index in [9.17, 15) is 0 Å². The van der Waals surface area contributed by atoms with Gasteiger partial charge < -0.3 is 25.0 Å². The van der Waals surface area contributed by atoms with Crippen molar-refractivity contribution in [3.8, 4) is 0 Å². The molecule has 0 aliphatic carbocycles. The zero-order chi connectivity index (χ0) is 16.7. The summed E-state index contributed by atoms with van der Waals surface area (Å²) in [5.74, 6) is 0.757. The van der Waals surface area contributed by atoms with Crippen LogP contribution in [0.5, 0.6) is 0 Å². The van der Waals surface area contributed by atoms with E-state index in [2.05, 4.69) is 26.0 Å². The molecule has 0 spiro atoms. The molecule has 1 fully saturated rings. The van der Waals surface area contributed by atoms with E-state index in [-0.39, 0.29) is 5.60 Å². The summed E-state index contributed by atoms with van der Waals surface area (Å²) in [5.41, 5.74) is 0.836. The number of methoxy groups -OCH3 is 1. The lowest BCUT2D eigenvalue weighted by molar-refractivity contribution is -0.0855. The fourth-order valence-corrected chi connectivity index (χ4v) is 3.18. The molecule has 23 heavy (non-hydrogen) atoms. The minimum atomic E-state index is -0.172. The second kappa shape index (κ2) is 8.47. The van der Waals surface area contributed by atoms with Crippen molar-refractivity contribution in [2.24, 2.45) is 4.99 Å². The summed E-state index contributed by atoms with van der Waals surface area (Å²) in [6, 6.07) is 0. The van der Waals surface area contributed by atoms with Crippen LogP contribution in [-0.2, 0) is 16.0 Å². The molecule has 1 saturated heterocycles. The molecule has 0 saturated carbocycles. The van der Waals surface area contributed by atoms with Crippen molar-refractivity contribution in [3.63, 3.8) is 0 Å². The normalized spacial score (nSPS) is 17.8. The van der Waals surface area contributed by atoms with Gasteiger partial charge in [0.05, 0.1) is 17.8 Å². The lowest BCUT2D eigenvalue weighted by Crippen LogP contribution is -2.50. The number of nitrogens with zero attached hydrogens (tertiary/aromatic N) is 3. The molecular weight excluding hydrogens is 314 g/mol. The van der Waals surface area contributed by atoms with Gasteiger partial charge in [-0.2, -0.15) is 0 Å². The van der Waals surface area contributed by atoms with Crippen molar-refractivity contribution >= 4 is 22.4 Å². The van der Waals surface area contributed by atoms with Crippen molar-refractivity contribution in [3.05, 3.63) is 11.1 Å². The molecule has 8 heteroatoms. The van der Waals surface area contributed by atoms with E-state index in [0.29, 0.717) is 13.1 Å². The fourth-order valence-electron chi connectivity index (χ4n) is 2.42. The highest BCUT2D eigenvalue weighted by atomic mass is 32.1. The minimum Gasteiger partial charge on any atom is -0.381 e. The quantitative estimate of drug-likeness (QED) is 0.596. The zero-order valence-electron chi connectivity index (χ0n) is 14.4. The summed E-state index contributed by atoms with van der Waals surface area (Å²) in [6.07, 6.45) is 1.79. The maximum Gasteiger partial charge on any atom is 0.191 e. The summed E-state index contributed by atoms with van der Waals surface area (Å²) in [4.78, 5) is 10.8. The van der Waals surface area contributed by atoms with Crippen LogP contribution < -0.4 is 15.5 Å². The number of anilines is 1. The number of nitrogens with one attached hydrogen (secondary N) is 2. The number of hydrogen-bond donors (Lipinski definition) is 2. The Morgan fingerprint density at radius 3 is 2.74 bits per heavy atom. The van der Waals surface area contributed by atoms with Crippen LogP contribution in [0.3, 0.4) is 0 Å². The molecule has 130 valence electrons. The minimum absolute atomic E-state index is 0.172. The second-order valence-electron chi connectivity index (χ2n) is 5.79. The number of rotatable bonds is 6. The Bertz CT molecular complexity index is 512. The summed E-state index contributed by atoms with van der Waals surface area (Å²) in [5, 5.41) is 9.72. The lowest BCUT2D eigenvalue weighted by Gasteiger charge is -2.36. The molecule has 1 aliphatic rings. The van der Waals surface area contributed by atoms with Crippen LogP contribution in [0.4, 0.5) is 5.13 Å². The summed E-state index contributed by atoms with van der Waals surface area (Å²) >= 11 is 1.64. The monoisotopic (exact) mass is 341 g/mol. The van der Waals surface area contributed by atoms with Gasteiger partial charge >= 0.3 is 0 Å². The third-order valence-electron chi connectivity index (χ3n) is 4.00. The van der Waals surface area contributed by atoms with E-state index >= 15 is 0 Å². The van der Waals surface area contributed by atoms with Crippen LogP contribution >= 0.6 is 11.3 Å². The van der Waals surface area contributed by atoms with Gasteiger partial charge in [-0.15, -0.1) is 11.3 Å². The average Bonchev–Trinajstić information content (AvgIpc) is 3.05. The second-order valence-corrected chi connectivity index (χ2v) is 6.63. The van der Waals surface area contributed by atoms with Gasteiger partial charge in [0.1, 0.15) is 0 Å². The number of ether oxygens (including phenoxy) is 2. The smallest absolute Gasteiger partial charge is 0.191 e. The van der Waals surface area contributed by atoms with Gasteiger partial charge in [-0.25, -0.2) is 4.98 Å². The van der Waals surface area contributed by atoms with Crippen LogP contribution in [0.2, 0.25) is 0 Å². The first-order chi connectivity index (χ1) is 11.1. The number of aromatic nitrogens is 1. The predicted octanol–water partition coefficient (Wildman–Crippen LogP) is 1.07. The van der Waals surface area contributed by atoms with E-state index in [1.165, 1.54) is 0 Å². The zero-order valence-corrected chi connectivity index (χ0v) is 15.2. The van der Waals surface area contributed by atoms with E-state index in [4.69, 9.17) is 9.47 Å².